The molecule has 0 saturated carbocycles. The molecule has 2 aromatic heterocycles. The van der Waals surface area contributed by atoms with Crippen LogP contribution in [-0.2, 0) is 0 Å². The number of thiazole rings is 1. The fourth-order valence-electron chi connectivity index (χ4n) is 2.65. The van der Waals surface area contributed by atoms with E-state index in [4.69, 9.17) is 9.15 Å². The number of ether oxygens (including phenoxy) is 1. The first-order valence-electron chi connectivity index (χ1n) is 7.96. The molecule has 0 bridgehead atoms. The molecule has 3 rings (SSSR count). The van der Waals surface area contributed by atoms with E-state index >= 15 is 0 Å². The fraction of sp³-hybridized carbons (Fsp3) is 0.263. The Balaban J connectivity index is 1.82. The van der Waals surface area contributed by atoms with Crippen LogP contribution in [0.4, 0.5) is 0 Å². The lowest BCUT2D eigenvalue weighted by Crippen LogP contribution is -2.27. The van der Waals surface area contributed by atoms with E-state index in [-0.39, 0.29) is 11.9 Å². The molecule has 0 radical (unpaired) electrons. The number of methoxy groups -OCH3 is 1. The van der Waals surface area contributed by atoms with Gasteiger partial charge in [0.2, 0.25) is 0 Å². The summed E-state index contributed by atoms with van der Waals surface area (Å²) in [5.74, 6) is 1.22. The van der Waals surface area contributed by atoms with Gasteiger partial charge in [-0.3, -0.25) is 4.79 Å². The first-order valence-corrected chi connectivity index (χ1v) is 8.78. The third kappa shape index (κ3) is 3.58. The SMILES string of the molecule is COc1ccc(C)cc1[C@H](C)NC(=O)c1nc(-c2ccco2)sc1C. The molecule has 0 saturated heterocycles. The second-order valence-electron chi connectivity index (χ2n) is 5.84. The van der Waals surface area contributed by atoms with Crippen LogP contribution in [0.15, 0.2) is 41.0 Å². The molecule has 130 valence electrons. The molecule has 2 heterocycles. The molecule has 0 fully saturated rings. The summed E-state index contributed by atoms with van der Waals surface area (Å²) in [5, 5.41) is 3.71. The standard InChI is InChI=1S/C19H20N2O3S/c1-11-7-8-15(23-4)14(10-11)12(2)20-18(22)17-13(3)25-19(21-17)16-6-5-9-24-16/h5-10,12H,1-4H3,(H,20,22)/t12-/m0/s1. The molecule has 6 heteroatoms. The zero-order valence-corrected chi connectivity index (χ0v) is 15.4. The van der Waals surface area contributed by atoms with Gasteiger partial charge in [0.05, 0.1) is 19.4 Å². The minimum atomic E-state index is -0.206. The molecule has 0 aliphatic heterocycles. The van der Waals surface area contributed by atoms with Crippen LogP contribution in [0.3, 0.4) is 0 Å². The Bertz CT molecular complexity index is 884. The number of furan rings is 1. The third-order valence-corrected chi connectivity index (χ3v) is 4.93. The summed E-state index contributed by atoms with van der Waals surface area (Å²) >= 11 is 1.44. The van der Waals surface area contributed by atoms with Gasteiger partial charge in [-0.05, 0) is 39.0 Å². The highest BCUT2D eigenvalue weighted by atomic mass is 32.1. The summed E-state index contributed by atoms with van der Waals surface area (Å²) in [6.45, 7) is 5.83. The molecule has 0 spiro atoms. The largest absolute Gasteiger partial charge is 0.496 e. The summed E-state index contributed by atoms with van der Waals surface area (Å²) in [6.07, 6.45) is 1.60. The monoisotopic (exact) mass is 356 g/mol. The smallest absolute Gasteiger partial charge is 0.271 e. The van der Waals surface area contributed by atoms with Crippen molar-refractivity contribution in [3.8, 4) is 16.5 Å². The van der Waals surface area contributed by atoms with Gasteiger partial charge in [0.1, 0.15) is 11.4 Å². The van der Waals surface area contributed by atoms with E-state index in [0.717, 1.165) is 21.8 Å². The quantitative estimate of drug-likeness (QED) is 0.730. The number of hydrogen-bond donors (Lipinski definition) is 1. The third-order valence-electron chi connectivity index (χ3n) is 3.94. The number of amides is 1. The molecule has 0 unspecified atom stereocenters. The van der Waals surface area contributed by atoms with Crippen LogP contribution in [-0.4, -0.2) is 18.0 Å². The van der Waals surface area contributed by atoms with E-state index in [0.29, 0.717) is 16.5 Å². The van der Waals surface area contributed by atoms with Gasteiger partial charge in [-0.15, -0.1) is 11.3 Å². The van der Waals surface area contributed by atoms with E-state index in [9.17, 15) is 4.79 Å². The van der Waals surface area contributed by atoms with E-state index in [1.807, 2.05) is 45.0 Å². The van der Waals surface area contributed by atoms with Crippen LogP contribution in [0.25, 0.3) is 10.8 Å². The Morgan fingerprint density at radius 2 is 2.12 bits per heavy atom. The maximum Gasteiger partial charge on any atom is 0.271 e. The van der Waals surface area contributed by atoms with Crippen LogP contribution in [0.1, 0.15) is 39.5 Å². The highest BCUT2D eigenvalue weighted by Gasteiger charge is 2.21. The van der Waals surface area contributed by atoms with Crippen molar-refractivity contribution in [2.24, 2.45) is 0 Å². The first-order chi connectivity index (χ1) is 12.0. The Morgan fingerprint density at radius 1 is 1.32 bits per heavy atom. The topological polar surface area (TPSA) is 64.4 Å². The van der Waals surface area contributed by atoms with Crippen molar-refractivity contribution in [2.45, 2.75) is 26.8 Å². The lowest BCUT2D eigenvalue weighted by Gasteiger charge is -2.17. The van der Waals surface area contributed by atoms with Crippen molar-refractivity contribution in [1.82, 2.24) is 10.3 Å². The van der Waals surface area contributed by atoms with Crippen molar-refractivity contribution >= 4 is 17.2 Å². The number of benzene rings is 1. The molecule has 3 aromatic rings. The van der Waals surface area contributed by atoms with Gasteiger partial charge in [0.15, 0.2) is 10.8 Å². The Hall–Kier alpha value is -2.60. The summed E-state index contributed by atoms with van der Waals surface area (Å²) in [5.41, 5.74) is 2.48. The zero-order chi connectivity index (χ0) is 18.0. The van der Waals surface area contributed by atoms with Crippen LogP contribution in [0, 0.1) is 13.8 Å². The Labute approximate surface area is 150 Å². The number of aryl methyl sites for hydroxylation is 2. The lowest BCUT2D eigenvalue weighted by molar-refractivity contribution is 0.0934. The number of carbonyl (C=O) groups excluding carboxylic acids is 1. The minimum absolute atomic E-state index is 0.199. The summed E-state index contributed by atoms with van der Waals surface area (Å²) in [6, 6.07) is 9.35. The van der Waals surface area contributed by atoms with Gasteiger partial charge in [-0.1, -0.05) is 17.7 Å². The van der Waals surface area contributed by atoms with Crippen molar-refractivity contribution in [3.05, 3.63) is 58.3 Å². The molecule has 1 aromatic carbocycles. The number of rotatable bonds is 5. The number of carbonyl (C=O) groups is 1. The molecule has 0 aliphatic rings. The highest BCUT2D eigenvalue weighted by Crippen LogP contribution is 2.29. The second-order valence-corrected chi connectivity index (χ2v) is 7.04. The molecule has 1 amide bonds. The van der Waals surface area contributed by atoms with Gasteiger partial charge in [-0.25, -0.2) is 4.98 Å². The van der Waals surface area contributed by atoms with Gasteiger partial charge in [0.25, 0.3) is 5.91 Å². The summed E-state index contributed by atoms with van der Waals surface area (Å²) in [4.78, 5) is 18.0. The summed E-state index contributed by atoms with van der Waals surface area (Å²) < 4.78 is 10.8. The number of aromatic nitrogens is 1. The fourth-order valence-corrected chi connectivity index (χ4v) is 3.53. The van der Waals surface area contributed by atoms with Gasteiger partial charge in [-0.2, -0.15) is 0 Å². The van der Waals surface area contributed by atoms with Crippen LogP contribution in [0.5, 0.6) is 5.75 Å². The predicted octanol–water partition coefficient (Wildman–Crippen LogP) is 4.52. The maximum atomic E-state index is 12.7. The van der Waals surface area contributed by atoms with Crippen molar-refractivity contribution in [1.29, 1.82) is 0 Å². The highest BCUT2D eigenvalue weighted by molar-refractivity contribution is 7.15. The molecule has 1 N–H and O–H groups in total. The van der Waals surface area contributed by atoms with Crippen LogP contribution < -0.4 is 10.1 Å². The molecule has 1 atom stereocenters. The molecule has 5 nitrogen and oxygen atoms in total. The molecular weight excluding hydrogens is 336 g/mol. The minimum Gasteiger partial charge on any atom is -0.496 e. The van der Waals surface area contributed by atoms with Gasteiger partial charge >= 0.3 is 0 Å². The maximum absolute atomic E-state index is 12.7. The van der Waals surface area contributed by atoms with Crippen molar-refractivity contribution < 1.29 is 13.9 Å². The Kier molecular flexibility index (Phi) is 4.90. The van der Waals surface area contributed by atoms with E-state index < -0.39 is 0 Å². The van der Waals surface area contributed by atoms with Crippen LogP contribution >= 0.6 is 11.3 Å². The number of nitrogens with one attached hydrogen (secondary N) is 1. The number of nitrogens with zero attached hydrogens (tertiary/aromatic N) is 1. The molecule has 25 heavy (non-hydrogen) atoms. The van der Waals surface area contributed by atoms with E-state index in [1.165, 1.54) is 11.3 Å². The zero-order valence-electron chi connectivity index (χ0n) is 14.6. The van der Waals surface area contributed by atoms with Crippen molar-refractivity contribution in [2.75, 3.05) is 7.11 Å². The predicted molar refractivity (Wildman–Crippen MR) is 98.2 cm³/mol. The first kappa shape index (κ1) is 17.2. The van der Waals surface area contributed by atoms with E-state index in [1.54, 1.807) is 19.4 Å². The number of hydrogen-bond acceptors (Lipinski definition) is 5. The van der Waals surface area contributed by atoms with Crippen molar-refractivity contribution in [3.63, 3.8) is 0 Å². The molecule has 0 aliphatic carbocycles. The average molecular weight is 356 g/mol. The summed E-state index contributed by atoms with van der Waals surface area (Å²) in [7, 11) is 1.63. The van der Waals surface area contributed by atoms with Crippen LogP contribution in [0.2, 0.25) is 0 Å². The van der Waals surface area contributed by atoms with Gasteiger partial charge < -0.3 is 14.5 Å². The lowest BCUT2D eigenvalue weighted by atomic mass is 10.0. The Morgan fingerprint density at radius 3 is 2.80 bits per heavy atom. The van der Waals surface area contributed by atoms with Gasteiger partial charge in [0, 0.05) is 10.4 Å². The normalized spacial score (nSPS) is 12.0. The van der Waals surface area contributed by atoms with E-state index in [2.05, 4.69) is 10.3 Å². The molecular formula is C19H20N2O3S. The second kappa shape index (κ2) is 7.11. The average Bonchev–Trinajstić information content (AvgIpc) is 3.24.